The zero-order valence-corrected chi connectivity index (χ0v) is 8.38. The van der Waals surface area contributed by atoms with Crippen LogP contribution in [0.3, 0.4) is 0 Å². The minimum Gasteiger partial charge on any atom is -0.508 e. The van der Waals surface area contributed by atoms with Gasteiger partial charge in [-0.25, -0.2) is 4.98 Å². The second-order valence-corrected chi connectivity index (χ2v) is 3.21. The van der Waals surface area contributed by atoms with Crippen molar-refractivity contribution < 1.29 is 14.3 Å². The van der Waals surface area contributed by atoms with Crippen molar-refractivity contribution in [2.45, 2.75) is 6.54 Å². The van der Waals surface area contributed by atoms with Crippen LogP contribution in [-0.4, -0.2) is 16.0 Å². The van der Waals surface area contributed by atoms with Crippen LogP contribution >= 0.6 is 0 Å². The highest BCUT2D eigenvalue weighted by Crippen LogP contribution is 2.09. The molecule has 0 atom stereocenters. The first-order chi connectivity index (χ1) is 7.75. The summed E-state index contributed by atoms with van der Waals surface area (Å²) in [7, 11) is 0. The first kappa shape index (κ1) is 10.2. The van der Waals surface area contributed by atoms with Crippen molar-refractivity contribution in [2.24, 2.45) is 0 Å². The van der Waals surface area contributed by atoms with Gasteiger partial charge in [0, 0.05) is 6.54 Å². The Kier molecular flexibility index (Phi) is 2.86. The van der Waals surface area contributed by atoms with E-state index in [0.29, 0.717) is 6.54 Å². The second kappa shape index (κ2) is 4.48. The largest absolute Gasteiger partial charge is 0.508 e. The summed E-state index contributed by atoms with van der Waals surface area (Å²) in [5, 5.41) is 11.7. The summed E-state index contributed by atoms with van der Waals surface area (Å²) in [5.41, 5.74) is 0.894. The topological polar surface area (TPSA) is 75.4 Å². The molecule has 0 fully saturated rings. The molecule has 0 bridgehead atoms. The Morgan fingerprint density at radius 3 is 2.75 bits per heavy atom. The Labute approximate surface area is 91.7 Å². The minimum atomic E-state index is -0.314. The molecule has 0 aliphatic rings. The van der Waals surface area contributed by atoms with Crippen molar-refractivity contribution in [1.29, 1.82) is 0 Å². The zero-order valence-electron chi connectivity index (χ0n) is 8.38. The fourth-order valence-corrected chi connectivity index (χ4v) is 1.21. The Morgan fingerprint density at radius 2 is 2.12 bits per heavy atom. The molecule has 0 aliphatic heterocycles. The molecule has 2 rings (SSSR count). The lowest BCUT2D eigenvalue weighted by molar-refractivity contribution is 0.0923. The molecular weight excluding hydrogens is 208 g/mol. The molecule has 0 radical (unpaired) electrons. The maximum absolute atomic E-state index is 11.5. The van der Waals surface area contributed by atoms with Gasteiger partial charge in [-0.3, -0.25) is 4.79 Å². The maximum Gasteiger partial charge on any atom is 0.288 e. The van der Waals surface area contributed by atoms with E-state index in [1.165, 1.54) is 12.6 Å². The van der Waals surface area contributed by atoms with E-state index in [4.69, 9.17) is 9.52 Å². The Balaban J connectivity index is 1.93. The average molecular weight is 218 g/mol. The molecular formula is C11H10N2O3. The van der Waals surface area contributed by atoms with Crippen molar-refractivity contribution in [1.82, 2.24) is 10.3 Å². The monoisotopic (exact) mass is 218 g/mol. The van der Waals surface area contributed by atoms with E-state index in [1.54, 1.807) is 24.3 Å². The van der Waals surface area contributed by atoms with E-state index >= 15 is 0 Å². The normalized spacial score (nSPS) is 10.0. The number of aromatic nitrogens is 1. The second-order valence-electron chi connectivity index (χ2n) is 3.21. The molecule has 16 heavy (non-hydrogen) atoms. The number of benzene rings is 1. The molecule has 1 aromatic carbocycles. The summed E-state index contributed by atoms with van der Waals surface area (Å²) in [6.45, 7) is 0.375. The number of phenolic OH excluding ortho intramolecular Hbond substituents is 1. The maximum atomic E-state index is 11.5. The highest BCUT2D eigenvalue weighted by Gasteiger charge is 2.07. The van der Waals surface area contributed by atoms with Crippen LogP contribution < -0.4 is 5.32 Å². The van der Waals surface area contributed by atoms with E-state index in [-0.39, 0.29) is 17.4 Å². The number of aromatic hydroxyl groups is 1. The quantitative estimate of drug-likeness (QED) is 0.814. The van der Waals surface area contributed by atoms with Crippen molar-refractivity contribution in [3.05, 3.63) is 48.2 Å². The third kappa shape index (κ3) is 2.38. The highest BCUT2D eigenvalue weighted by atomic mass is 16.3. The van der Waals surface area contributed by atoms with Crippen LogP contribution in [0.5, 0.6) is 5.75 Å². The highest BCUT2D eigenvalue weighted by molar-refractivity contribution is 5.90. The Morgan fingerprint density at radius 1 is 1.38 bits per heavy atom. The van der Waals surface area contributed by atoms with Crippen LogP contribution in [0.25, 0.3) is 0 Å². The predicted molar refractivity (Wildman–Crippen MR) is 55.8 cm³/mol. The SMILES string of the molecule is O=C(NCc1ccc(O)cc1)c1cnco1. The van der Waals surface area contributed by atoms with Gasteiger partial charge in [0.25, 0.3) is 5.91 Å². The summed E-state index contributed by atoms with van der Waals surface area (Å²) in [4.78, 5) is 15.1. The first-order valence-corrected chi connectivity index (χ1v) is 4.70. The molecule has 0 saturated heterocycles. The van der Waals surface area contributed by atoms with Crippen LogP contribution in [-0.2, 0) is 6.54 Å². The number of amides is 1. The van der Waals surface area contributed by atoms with Gasteiger partial charge < -0.3 is 14.8 Å². The molecule has 5 nitrogen and oxygen atoms in total. The lowest BCUT2D eigenvalue weighted by Gasteiger charge is -2.02. The molecule has 1 amide bonds. The molecule has 1 aromatic heterocycles. The summed E-state index contributed by atoms with van der Waals surface area (Å²) in [6, 6.07) is 6.60. The number of phenols is 1. The fraction of sp³-hybridized carbons (Fsp3) is 0.0909. The first-order valence-electron chi connectivity index (χ1n) is 4.70. The summed E-state index contributed by atoms with van der Waals surface area (Å²) in [5.74, 6) is 0.0645. The molecule has 5 heteroatoms. The van der Waals surface area contributed by atoms with Gasteiger partial charge >= 0.3 is 0 Å². The van der Waals surface area contributed by atoms with Crippen LogP contribution in [0.2, 0.25) is 0 Å². The van der Waals surface area contributed by atoms with Crippen LogP contribution in [0.4, 0.5) is 0 Å². The van der Waals surface area contributed by atoms with Gasteiger partial charge in [0.15, 0.2) is 6.39 Å². The predicted octanol–water partition coefficient (Wildman–Crippen LogP) is 1.31. The third-order valence-electron chi connectivity index (χ3n) is 2.05. The Hall–Kier alpha value is -2.30. The van der Waals surface area contributed by atoms with Crippen molar-refractivity contribution in [3.8, 4) is 5.75 Å². The van der Waals surface area contributed by atoms with Gasteiger partial charge in [0.2, 0.25) is 5.76 Å². The molecule has 0 unspecified atom stereocenters. The van der Waals surface area contributed by atoms with E-state index in [9.17, 15) is 4.79 Å². The minimum absolute atomic E-state index is 0.179. The van der Waals surface area contributed by atoms with Crippen LogP contribution in [0.15, 0.2) is 41.3 Å². The molecule has 1 heterocycles. The van der Waals surface area contributed by atoms with Crippen LogP contribution in [0, 0.1) is 0 Å². The number of nitrogens with zero attached hydrogens (tertiary/aromatic N) is 1. The molecule has 0 spiro atoms. The lowest BCUT2D eigenvalue weighted by atomic mass is 10.2. The van der Waals surface area contributed by atoms with Crippen molar-refractivity contribution >= 4 is 5.91 Å². The van der Waals surface area contributed by atoms with Gasteiger partial charge in [-0.1, -0.05) is 12.1 Å². The smallest absolute Gasteiger partial charge is 0.288 e. The van der Waals surface area contributed by atoms with Gasteiger partial charge in [0.05, 0.1) is 6.20 Å². The Bertz CT molecular complexity index is 462. The van der Waals surface area contributed by atoms with E-state index in [0.717, 1.165) is 5.56 Å². The van der Waals surface area contributed by atoms with Gasteiger partial charge in [-0.05, 0) is 17.7 Å². The van der Waals surface area contributed by atoms with E-state index in [2.05, 4.69) is 10.3 Å². The van der Waals surface area contributed by atoms with Gasteiger partial charge in [0.1, 0.15) is 5.75 Å². The van der Waals surface area contributed by atoms with Crippen LogP contribution in [0.1, 0.15) is 16.1 Å². The van der Waals surface area contributed by atoms with Crippen molar-refractivity contribution in [3.63, 3.8) is 0 Å². The zero-order chi connectivity index (χ0) is 11.4. The molecule has 2 aromatic rings. The number of hydrogen-bond acceptors (Lipinski definition) is 4. The number of hydrogen-bond donors (Lipinski definition) is 2. The number of nitrogens with one attached hydrogen (secondary N) is 1. The molecule has 0 saturated carbocycles. The summed E-state index contributed by atoms with van der Waals surface area (Å²) in [6.07, 6.45) is 2.56. The van der Waals surface area contributed by atoms with E-state index in [1.807, 2.05) is 0 Å². The molecule has 82 valence electrons. The third-order valence-corrected chi connectivity index (χ3v) is 2.05. The molecule has 2 N–H and O–H groups in total. The van der Waals surface area contributed by atoms with E-state index < -0.39 is 0 Å². The average Bonchev–Trinajstić information content (AvgIpc) is 2.81. The summed E-state index contributed by atoms with van der Waals surface area (Å²) < 4.78 is 4.84. The fourth-order valence-electron chi connectivity index (χ4n) is 1.21. The van der Waals surface area contributed by atoms with Gasteiger partial charge in [-0.15, -0.1) is 0 Å². The summed E-state index contributed by atoms with van der Waals surface area (Å²) >= 11 is 0. The number of carbonyl (C=O) groups is 1. The lowest BCUT2D eigenvalue weighted by Crippen LogP contribution is -2.22. The number of carbonyl (C=O) groups excluding carboxylic acids is 1. The molecule has 0 aliphatic carbocycles. The standard InChI is InChI=1S/C11H10N2O3/c14-9-3-1-8(2-4-9)5-13-11(15)10-6-12-7-16-10/h1-4,6-7,14H,5H2,(H,13,15). The van der Waals surface area contributed by atoms with Gasteiger partial charge in [-0.2, -0.15) is 0 Å². The van der Waals surface area contributed by atoms with Crippen molar-refractivity contribution in [2.75, 3.05) is 0 Å². The number of rotatable bonds is 3. The number of oxazole rings is 1.